The topological polar surface area (TPSA) is 69.0 Å². The molecule has 0 radical (unpaired) electrons. The average Bonchev–Trinajstić information content (AvgIpc) is 3.09. The normalized spacial score (nSPS) is 19.4. The molecule has 1 N–H and O–H groups in total. The first kappa shape index (κ1) is 21.0. The SMILES string of the molecule is CCn1c(COc2ccccc2Cl)nnc1SCC(=O)N[C@H]1CCCC[C@H]1C. The number of hydrogen-bond donors (Lipinski definition) is 1. The van der Waals surface area contributed by atoms with Crippen LogP contribution in [0.1, 0.15) is 45.4 Å². The number of hydrogen-bond acceptors (Lipinski definition) is 5. The second-order valence-corrected chi connectivity index (χ2v) is 8.44. The number of rotatable bonds is 8. The Labute approximate surface area is 175 Å². The fourth-order valence-corrected chi connectivity index (χ4v) is 4.49. The summed E-state index contributed by atoms with van der Waals surface area (Å²) in [5, 5.41) is 12.9. The highest BCUT2D eigenvalue weighted by molar-refractivity contribution is 7.99. The van der Waals surface area contributed by atoms with Crippen molar-refractivity contribution in [3.05, 3.63) is 35.1 Å². The van der Waals surface area contributed by atoms with E-state index in [9.17, 15) is 4.79 Å². The van der Waals surface area contributed by atoms with Gasteiger partial charge in [-0.05, 0) is 37.8 Å². The number of ether oxygens (including phenoxy) is 1. The second kappa shape index (κ2) is 10.2. The van der Waals surface area contributed by atoms with Crippen LogP contribution in [0.25, 0.3) is 0 Å². The number of thioether (sulfide) groups is 1. The summed E-state index contributed by atoms with van der Waals surface area (Å²) in [6.07, 6.45) is 4.73. The van der Waals surface area contributed by atoms with Gasteiger partial charge < -0.3 is 14.6 Å². The molecule has 0 saturated heterocycles. The van der Waals surface area contributed by atoms with Crippen LogP contribution in [-0.4, -0.2) is 32.5 Å². The van der Waals surface area contributed by atoms with Gasteiger partial charge in [-0.2, -0.15) is 0 Å². The summed E-state index contributed by atoms with van der Waals surface area (Å²) < 4.78 is 7.74. The van der Waals surface area contributed by atoms with E-state index in [1.165, 1.54) is 31.0 Å². The molecule has 0 unspecified atom stereocenters. The number of aromatic nitrogens is 3. The fourth-order valence-electron chi connectivity index (χ4n) is 3.46. The van der Waals surface area contributed by atoms with E-state index >= 15 is 0 Å². The smallest absolute Gasteiger partial charge is 0.230 e. The first-order chi connectivity index (χ1) is 13.6. The van der Waals surface area contributed by atoms with Gasteiger partial charge in [-0.15, -0.1) is 10.2 Å². The number of carbonyl (C=O) groups is 1. The molecule has 2 aromatic rings. The summed E-state index contributed by atoms with van der Waals surface area (Å²) >= 11 is 7.54. The number of nitrogens with zero attached hydrogens (tertiary/aromatic N) is 3. The molecule has 2 atom stereocenters. The van der Waals surface area contributed by atoms with Crippen molar-refractivity contribution < 1.29 is 9.53 Å². The maximum Gasteiger partial charge on any atom is 0.230 e. The maximum absolute atomic E-state index is 12.4. The Balaban J connectivity index is 1.54. The molecule has 0 spiro atoms. The molecule has 3 rings (SSSR count). The van der Waals surface area contributed by atoms with Crippen LogP contribution >= 0.6 is 23.4 Å². The Kier molecular flexibility index (Phi) is 7.62. The van der Waals surface area contributed by atoms with Gasteiger partial charge in [-0.25, -0.2) is 0 Å². The van der Waals surface area contributed by atoms with Gasteiger partial charge >= 0.3 is 0 Å². The van der Waals surface area contributed by atoms with Gasteiger partial charge in [0.25, 0.3) is 0 Å². The third-order valence-corrected chi connectivity index (χ3v) is 6.37. The molecule has 1 aliphatic rings. The van der Waals surface area contributed by atoms with Crippen LogP contribution in [0.5, 0.6) is 5.75 Å². The van der Waals surface area contributed by atoms with E-state index in [0.717, 1.165) is 11.6 Å². The molecule has 1 heterocycles. The van der Waals surface area contributed by atoms with Crippen molar-refractivity contribution in [3.8, 4) is 5.75 Å². The summed E-state index contributed by atoms with van der Waals surface area (Å²) in [4.78, 5) is 12.4. The number of carbonyl (C=O) groups excluding carboxylic acids is 1. The van der Waals surface area contributed by atoms with Gasteiger partial charge in [0.1, 0.15) is 12.4 Å². The van der Waals surface area contributed by atoms with Crippen molar-refractivity contribution in [3.63, 3.8) is 0 Å². The summed E-state index contributed by atoms with van der Waals surface area (Å²) in [7, 11) is 0. The zero-order valence-electron chi connectivity index (χ0n) is 16.4. The van der Waals surface area contributed by atoms with Crippen molar-refractivity contribution in [2.75, 3.05) is 5.75 Å². The highest BCUT2D eigenvalue weighted by atomic mass is 35.5. The van der Waals surface area contributed by atoms with E-state index in [-0.39, 0.29) is 12.5 Å². The molecule has 1 aliphatic carbocycles. The minimum absolute atomic E-state index is 0.0586. The molecule has 6 nitrogen and oxygen atoms in total. The fraction of sp³-hybridized carbons (Fsp3) is 0.550. The lowest BCUT2D eigenvalue weighted by atomic mass is 9.86. The Morgan fingerprint density at radius 2 is 2.11 bits per heavy atom. The molecular weight excluding hydrogens is 396 g/mol. The van der Waals surface area contributed by atoms with Gasteiger partial charge in [-0.1, -0.05) is 55.3 Å². The number of para-hydroxylation sites is 1. The number of halogens is 1. The third kappa shape index (κ3) is 5.41. The van der Waals surface area contributed by atoms with Crippen LogP contribution < -0.4 is 10.1 Å². The molecule has 152 valence electrons. The Hall–Kier alpha value is -1.73. The van der Waals surface area contributed by atoms with Gasteiger partial charge in [0.05, 0.1) is 10.8 Å². The van der Waals surface area contributed by atoms with Gasteiger partial charge in [0, 0.05) is 12.6 Å². The van der Waals surface area contributed by atoms with E-state index in [0.29, 0.717) is 40.9 Å². The van der Waals surface area contributed by atoms with Crippen LogP contribution in [0.15, 0.2) is 29.4 Å². The maximum atomic E-state index is 12.4. The minimum atomic E-state index is 0.0586. The van der Waals surface area contributed by atoms with E-state index in [1.807, 2.05) is 29.7 Å². The van der Waals surface area contributed by atoms with E-state index < -0.39 is 0 Å². The predicted molar refractivity (Wildman–Crippen MR) is 112 cm³/mol. The van der Waals surface area contributed by atoms with Crippen LogP contribution in [0.4, 0.5) is 0 Å². The molecular formula is C20H27ClN4O2S. The van der Waals surface area contributed by atoms with E-state index in [1.54, 1.807) is 6.07 Å². The highest BCUT2D eigenvalue weighted by Crippen LogP contribution is 2.26. The standard InChI is InChI=1S/C20H27ClN4O2S/c1-3-25-18(12-27-17-11-7-5-9-15(17)21)23-24-20(25)28-13-19(26)22-16-10-6-4-8-14(16)2/h5,7,9,11,14,16H,3-4,6,8,10,12-13H2,1-2H3,(H,22,26)/t14-,16+/m1/s1. The monoisotopic (exact) mass is 422 g/mol. The summed E-state index contributed by atoms with van der Waals surface area (Å²) in [5.74, 6) is 2.28. The molecule has 1 saturated carbocycles. The minimum Gasteiger partial charge on any atom is -0.484 e. The summed E-state index contributed by atoms with van der Waals surface area (Å²) in [6.45, 7) is 5.22. The number of nitrogens with one attached hydrogen (secondary N) is 1. The van der Waals surface area contributed by atoms with Crippen LogP contribution in [-0.2, 0) is 17.9 Å². The summed E-state index contributed by atoms with van der Waals surface area (Å²) in [6, 6.07) is 7.64. The third-order valence-electron chi connectivity index (χ3n) is 5.09. The van der Waals surface area contributed by atoms with Crippen molar-refractivity contribution in [1.82, 2.24) is 20.1 Å². The van der Waals surface area contributed by atoms with Crippen LogP contribution in [0.2, 0.25) is 5.02 Å². The zero-order chi connectivity index (χ0) is 19.9. The lowest BCUT2D eigenvalue weighted by Gasteiger charge is -2.29. The average molecular weight is 423 g/mol. The largest absolute Gasteiger partial charge is 0.484 e. The molecule has 0 bridgehead atoms. The molecule has 1 aromatic carbocycles. The van der Waals surface area contributed by atoms with Crippen molar-refractivity contribution in [1.29, 1.82) is 0 Å². The quantitative estimate of drug-likeness (QED) is 0.641. The first-order valence-corrected chi connectivity index (χ1v) is 11.2. The first-order valence-electron chi connectivity index (χ1n) is 9.80. The van der Waals surface area contributed by atoms with Gasteiger partial charge in [0.2, 0.25) is 5.91 Å². The predicted octanol–water partition coefficient (Wildman–Crippen LogP) is 4.32. The van der Waals surface area contributed by atoms with Crippen molar-refractivity contribution >= 4 is 29.3 Å². The zero-order valence-corrected chi connectivity index (χ0v) is 17.9. The molecule has 8 heteroatoms. The highest BCUT2D eigenvalue weighted by Gasteiger charge is 2.23. The molecule has 28 heavy (non-hydrogen) atoms. The molecule has 1 fully saturated rings. The van der Waals surface area contributed by atoms with Crippen molar-refractivity contribution in [2.45, 2.75) is 63.9 Å². The van der Waals surface area contributed by atoms with Crippen molar-refractivity contribution in [2.24, 2.45) is 5.92 Å². The number of benzene rings is 1. The Morgan fingerprint density at radius 1 is 1.32 bits per heavy atom. The van der Waals surface area contributed by atoms with E-state index in [2.05, 4.69) is 22.4 Å². The molecule has 0 aliphatic heterocycles. The van der Waals surface area contributed by atoms with Gasteiger partial charge in [-0.3, -0.25) is 4.79 Å². The number of amides is 1. The molecule has 1 aromatic heterocycles. The van der Waals surface area contributed by atoms with Crippen LogP contribution in [0, 0.1) is 5.92 Å². The van der Waals surface area contributed by atoms with Gasteiger partial charge in [0.15, 0.2) is 11.0 Å². The molecule has 1 amide bonds. The Bertz CT molecular complexity index is 798. The second-order valence-electron chi connectivity index (χ2n) is 7.09. The van der Waals surface area contributed by atoms with E-state index in [4.69, 9.17) is 16.3 Å². The summed E-state index contributed by atoms with van der Waals surface area (Å²) in [5.41, 5.74) is 0. The Morgan fingerprint density at radius 3 is 2.86 bits per heavy atom. The van der Waals surface area contributed by atoms with Crippen LogP contribution in [0.3, 0.4) is 0 Å². The lowest BCUT2D eigenvalue weighted by Crippen LogP contribution is -2.41. The lowest BCUT2D eigenvalue weighted by molar-refractivity contribution is -0.119.